The van der Waals surface area contributed by atoms with Crippen LogP contribution in [0.1, 0.15) is 19.4 Å². The minimum absolute atomic E-state index is 0.0826. The highest BCUT2D eigenvalue weighted by Crippen LogP contribution is 2.17. The van der Waals surface area contributed by atoms with Crippen molar-refractivity contribution in [1.29, 1.82) is 0 Å². The van der Waals surface area contributed by atoms with E-state index in [1.54, 1.807) is 6.20 Å². The molecule has 0 spiro atoms. The van der Waals surface area contributed by atoms with Crippen molar-refractivity contribution in [2.75, 3.05) is 37.6 Å². The van der Waals surface area contributed by atoms with Gasteiger partial charge in [-0.1, -0.05) is 13.0 Å². The molecule has 0 aliphatic carbocycles. The third kappa shape index (κ3) is 5.14. The molecular formula is C21H27FN4O3S. The monoisotopic (exact) mass is 434 g/mol. The number of pyridine rings is 1. The van der Waals surface area contributed by atoms with Crippen molar-refractivity contribution in [2.45, 2.75) is 30.5 Å². The van der Waals surface area contributed by atoms with Crippen LogP contribution in [0.15, 0.2) is 47.5 Å². The van der Waals surface area contributed by atoms with Crippen molar-refractivity contribution in [1.82, 2.24) is 15.2 Å². The minimum atomic E-state index is -3.89. The number of carbonyl (C=O) groups excluding carboxylic acids is 1. The molecule has 30 heavy (non-hydrogen) atoms. The number of nitrogens with one attached hydrogen (secondary N) is 1. The van der Waals surface area contributed by atoms with E-state index in [9.17, 15) is 17.6 Å². The van der Waals surface area contributed by atoms with Gasteiger partial charge in [0, 0.05) is 38.9 Å². The first kappa shape index (κ1) is 22.2. The minimum Gasteiger partial charge on any atom is -0.354 e. The molecule has 162 valence electrons. The second kappa shape index (κ2) is 9.53. The number of hydrogen-bond donors (Lipinski definition) is 1. The highest BCUT2D eigenvalue weighted by molar-refractivity contribution is 7.92. The predicted molar refractivity (Wildman–Crippen MR) is 113 cm³/mol. The van der Waals surface area contributed by atoms with Gasteiger partial charge in [-0.25, -0.2) is 17.8 Å². The summed E-state index contributed by atoms with van der Waals surface area (Å²) in [7, 11) is -3.89. The van der Waals surface area contributed by atoms with Crippen LogP contribution in [0.5, 0.6) is 0 Å². The lowest BCUT2D eigenvalue weighted by atomic mass is 10.2. The molecule has 3 rings (SSSR count). The number of likely N-dealkylation sites (N-methyl/N-ethyl adjacent to an activating group) is 1. The first-order chi connectivity index (χ1) is 14.3. The standard InChI is InChI=1S/C21H27FN4O3S/c1-3-25-10-12-26(13-11-25)20-9-4-17(14-23-20)15-24-21(27)16(2)30(28,29)19-7-5-18(22)6-8-19/h4-9,14,16H,3,10-13,15H2,1-2H3,(H,24,27). The van der Waals surface area contributed by atoms with Crippen LogP contribution in [0.2, 0.25) is 0 Å². The summed E-state index contributed by atoms with van der Waals surface area (Å²) < 4.78 is 38.2. The van der Waals surface area contributed by atoms with Crippen LogP contribution >= 0.6 is 0 Å². The Morgan fingerprint density at radius 3 is 2.37 bits per heavy atom. The molecule has 1 aromatic carbocycles. The predicted octanol–water partition coefficient (Wildman–Crippen LogP) is 1.84. The molecule has 1 aliphatic heterocycles. The van der Waals surface area contributed by atoms with Gasteiger partial charge in [0.15, 0.2) is 9.84 Å². The fraction of sp³-hybridized carbons (Fsp3) is 0.429. The van der Waals surface area contributed by atoms with E-state index in [1.807, 2.05) is 12.1 Å². The van der Waals surface area contributed by atoms with Gasteiger partial charge in [-0.3, -0.25) is 4.79 Å². The van der Waals surface area contributed by atoms with Crippen molar-refractivity contribution >= 4 is 21.6 Å². The molecular weight excluding hydrogens is 407 g/mol. The molecule has 1 aromatic heterocycles. The van der Waals surface area contributed by atoms with E-state index in [4.69, 9.17) is 0 Å². The second-order valence-corrected chi connectivity index (χ2v) is 9.57. The van der Waals surface area contributed by atoms with Gasteiger partial charge in [0.05, 0.1) is 4.90 Å². The Kier molecular flexibility index (Phi) is 7.04. The van der Waals surface area contributed by atoms with Gasteiger partial charge in [-0.2, -0.15) is 0 Å². The largest absolute Gasteiger partial charge is 0.354 e. The molecule has 0 radical (unpaired) electrons. The maximum atomic E-state index is 13.0. The second-order valence-electron chi connectivity index (χ2n) is 7.30. The molecule has 7 nitrogen and oxygen atoms in total. The number of rotatable bonds is 7. The van der Waals surface area contributed by atoms with E-state index in [2.05, 4.69) is 27.0 Å². The number of anilines is 1. The topological polar surface area (TPSA) is 82.6 Å². The lowest BCUT2D eigenvalue weighted by Crippen LogP contribution is -2.46. The first-order valence-corrected chi connectivity index (χ1v) is 11.6. The molecule has 1 atom stereocenters. The average Bonchev–Trinajstić information content (AvgIpc) is 2.77. The molecule has 0 saturated carbocycles. The molecule has 9 heteroatoms. The van der Waals surface area contributed by atoms with E-state index >= 15 is 0 Å². The summed E-state index contributed by atoms with van der Waals surface area (Å²) in [6.45, 7) is 8.58. The number of sulfone groups is 1. The quantitative estimate of drug-likeness (QED) is 0.670. The Morgan fingerprint density at radius 1 is 1.13 bits per heavy atom. The van der Waals surface area contributed by atoms with Crippen LogP contribution in [0, 0.1) is 5.82 Å². The number of hydrogen-bond acceptors (Lipinski definition) is 6. The van der Waals surface area contributed by atoms with Gasteiger partial charge >= 0.3 is 0 Å². The highest BCUT2D eigenvalue weighted by Gasteiger charge is 2.29. The SMILES string of the molecule is CCN1CCN(c2ccc(CNC(=O)C(C)S(=O)(=O)c3ccc(F)cc3)cn2)CC1. The smallest absolute Gasteiger partial charge is 0.238 e. The summed E-state index contributed by atoms with van der Waals surface area (Å²) in [5, 5.41) is 1.36. The van der Waals surface area contributed by atoms with Crippen LogP contribution in [0.25, 0.3) is 0 Å². The fourth-order valence-electron chi connectivity index (χ4n) is 3.30. The number of benzene rings is 1. The zero-order valence-corrected chi connectivity index (χ0v) is 18.0. The van der Waals surface area contributed by atoms with Crippen LogP contribution < -0.4 is 10.2 Å². The third-order valence-corrected chi connectivity index (χ3v) is 7.47. The fourth-order valence-corrected chi connectivity index (χ4v) is 4.59. The van der Waals surface area contributed by atoms with E-state index in [0.717, 1.165) is 68.4 Å². The van der Waals surface area contributed by atoms with Crippen molar-refractivity contribution in [3.63, 3.8) is 0 Å². The van der Waals surface area contributed by atoms with E-state index in [1.165, 1.54) is 6.92 Å². The Labute approximate surface area is 176 Å². The highest BCUT2D eigenvalue weighted by atomic mass is 32.2. The summed E-state index contributed by atoms with van der Waals surface area (Å²) in [5.41, 5.74) is 0.783. The van der Waals surface area contributed by atoms with Crippen molar-refractivity contribution < 1.29 is 17.6 Å². The zero-order valence-electron chi connectivity index (χ0n) is 17.2. The van der Waals surface area contributed by atoms with E-state index < -0.39 is 26.8 Å². The number of halogens is 1. The van der Waals surface area contributed by atoms with Crippen LogP contribution in [0.3, 0.4) is 0 Å². The zero-order chi connectivity index (χ0) is 21.7. The first-order valence-electron chi connectivity index (χ1n) is 10.0. The lowest BCUT2D eigenvalue weighted by molar-refractivity contribution is -0.120. The van der Waals surface area contributed by atoms with Crippen LogP contribution in [-0.2, 0) is 21.2 Å². The van der Waals surface area contributed by atoms with Crippen molar-refractivity contribution in [3.05, 3.63) is 54.0 Å². The van der Waals surface area contributed by atoms with Crippen LogP contribution in [0.4, 0.5) is 10.2 Å². The Hall–Kier alpha value is -2.52. The number of aromatic nitrogens is 1. The molecule has 2 heterocycles. The summed E-state index contributed by atoms with van der Waals surface area (Å²) >= 11 is 0. The Balaban J connectivity index is 1.56. The molecule has 1 aliphatic rings. The Bertz CT molecular complexity index is 957. The average molecular weight is 435 g/mol. The summed E-state index contributed by atoms with van der Waals surface area (Å²) in [6, 6.07) is 8.25. The van der Waals surface area contributed by atoms with Crippen molar-refractivity contribution in [2.24, 2.45) is 0 Å². The van der Waals surface area contributed by atoms with E-state index in [0.29, 0.717) is 0 Å². The summed E-state index contributed by atoms with van der Waals surface area (Å²) in [4.78, 5) is 21.4. The number of carbonyl (C=O) groups is 1. The number of piperazine rings is 1. The van der Waals surface area contributed by atoms with E-state index in [-0.39, 0.29) is 11.4 Å². The van der Waals surface area contributed by atoms with Gasteiger partial charge in [0.2, 0.25) is 5.91 Å². The van der Waals surface area contributed by atoms with Crippen molar-refractivity contribution in [3.8, 4) is 0 Å². The van der Waals surface area contributed by atoms with Gasteiger partial charge in [0.1, 0.15) is 16.9 Å². The summed E-state index contributed by atoms with van der Waals surface area (Å²) in [6.07, 6.45) is 1.70. The van der Waals surface area contributed by atoms with Gasteiger partial charge < -0.3 is 15.1 Å². The van der Waals surface area contributed by atoms with Gasteiger partial charge in [0.25, 0.3) is 0 Å². The number of nitrogens with zero attached hydrogens (tertiary/aromatic N) is 3. The molecule has 1 fully saturated rings. The lowest BCUT2D eigenvalue weighted by Gasteiger charge is -2.34. The van der Waals surface area contributed by atoms with Gasteiger partial charge in [-0.05, 0) is 49.4 Å². The molecule has 1 amide bonds. The maximum Gasteiger partial charge on any atom is 0.238 e. The third-order valence-electron chi connectivity index (χ3n) is 5.40. The normalized spacial score (nSPS) is 16.3. The molecule has 0 bridgehead atoms. The molecule has 1 N–H and O–H groups in total. The molecule has 1 unspecified atom stereocenters. The molecule has 1 saturated heterocycles. The Morgan fingerprint density at radius 2 is 1.80 bits per heavy atom. The number of amides is 1. The summed E-state index contributed by atoms with van der Waals surface area (Å²) in [5.74, 6) is -0.249. The van der Waals surface area contributed by atoms with Crippen LogP contribution in [-0.4, -0.2) is 62.2 Å². The molecule has 2 aromatic rings. The van der Waals surface area contributed by atoms with Gasteiger partial charge in [-0.15, -0.1) is 0 Å². The maximum absolute atomic E-state index is 13.0.